The van der Waals surface area contributed by atoms with Crippen LogP contribution in [0.2, 0.25) is 0 Å². The Morgan fingerprint density at radius 3 is 2.86 bits per heavy atom. The molecule has 0 unspecified atom stereocenters. The van der Waals surface area contributed by atoms with Crippen molar-refractivity contribution >= 4 is 22.9 Å². The zero-order valence-corrected chi connectivity index (χ0v) is 16.2. The van der Waals surface area contributed by atoms with E-state index in [2.05, 4.69) is 15.2 Å². The van der Waals surface area contributed by atoms with Crippen molar-refractivity contribution in [2.24, 2.45) is 0 Å². The Hall–Kier alpha value is -2.71. The van der Waals surface area contributed by atoms with E-state index in [9.17, 15) is 18.0 Å². The number of hydrogen-bond acceptors (Lipinski definition) is 4. The number of amides is 1. The summed E-state index contributed by atoms with van der Waals surface area (Å²) in [6.45, 7) is 2.34. The molecule has 150 valence electrons. The van der Waals surface area contributed by atoms with E-state index in [1.165, 1.54) is 23.5 Å². The molecule has 3 aromatic rings. The first-order valence-electron chi connectivity index (χ1n) is 9.09. The molecule has 8 heteroatoms. The third-order valence-electron chi connectivity index (χ3n) is 4.85. The number of pyridine rings is 1. The number of benzene rings is 1. The van der Waals surface area contributed by atoms with Crippen molar-refractivity contribution in [2.45, 2.75) is 25.7 Å². The second-order valence-electron chi connectivity index (χ2n) is 6.91. The first-order chi connectivity index (χ1) is 13.9. The second-order valence-corrected chi connectivity index (χ2v) is 7.87. The van der Waals surface area contributed by atoms with E-state index in [0.29, 0.717) is 5.56 Å². The van der Waals surface area contributed by atoms with E-state index in [1.807, 2.05) is 18.3 Å². The van der Waals surface area contributed by atoms with Crippen molar-refractivity contribution in [2.75, 3.05) is 11.9 Å². The van der Waals surface area contributed by atoms with E-state index in [1.54, 1.807) is 11.6 Å². The van der Waals surface area contributed by atoms with Gasteiger partial charge in [0.25, 0.3) is 5.91 Å². The van der Waals surface area contributed by atoms with E-state index < -0.39 is 11.7 Å². The van der Waals surface area contributed by atoms with Crippen LogP contribution in [0, 0.1) is 0 Å². The molecule has 4 rings (SSSR count). The normalized spacial score (nSPS) is 14.4. The number of nitrogens with zero attached hydrogens (tertiary/aromatic N) is 2. The lowest BCUT2D eigenvalue weighted by molar-refractivity contribution is -0.137. The molecule has 0 bridgehead atoms. The quantitative estimate of drug-likeness (QED) is 0.652. The number of thiophene rings is 1. The third kappa shape index (κ3) is 4.49. The maximum atomic E-state index is 12.9. The molecular weight excluding hydrogens is 399 g/mol. The number of nitrogens with one attached hydrogen (secondary N) is 1. The maximum absolute atomic E-state index is 12.9. The van der Waals surface area contributed by atoms with Gasteiger partial charge < -0.3 is 5.32 Å². The smallest absolute Gasteiger partial charge is 0.322 e. The van der Waals surface area contributed by atoms with Crippen LogP contribution in [0.1, 0.15) is 31.9 Å². The Bertz CT molecular complexity index is 1020. The van der Waals surface area contributed by atoms with Gasteiger partial charge in [-0.2, -0.15) is 13.2 Å². The molecule has 0 fully saturated rings. The van der Waals surface area contributed by atoms with Crippen LogP contribution in [-0.4, -0.2) is 22.3 Å². The lowest BCUT2D eigenvalue weighted by Gasteiger charge is -2.27. The van der Waals surface area contributed by atoms with Crippen molar-refractivity contribution in [3.05, 3.63) is 81.3 Å². The maximum Gasteiger partial charge on any atom is 0.416 e. The third-order valence-corrected chi connectivity index (χ3v) is 5.86. The van der Waals surface area contributed by atoms with Gasteiger partial charge >= 0.3 is 6.18 Å². The molecule has 0 saturated carbocycles. The number of anilines is 1. The summed E-state index contributed by atoms with van der Waals surface area (Å²) in [5.41, 5.74) is 2.02. The first-order valence-corrected chi connectivity index (χ1v) is 9.97. The summed E-state index contributed by atoms with van der Waals surface area (Å²) in [6.07, 6.45) is -0.130. The average Bonchev–Trinajstić information content (AvgIpc) is 3.12. The van der Waals surface area contributed by atoms with Crippen molar-refractivity contribution < 1.29 is 18.0 Å². The number of fused-ring (bicyclic) bond motifs is 1. The molecular formula is C21H18F3N3OS. The van der Waals surface area contributed by atoms with Crippen molar-refractivity contribution in [1.82, 2.24) is 9.88 Å². The highest BCUT2D eigenvalue weighted by Crippen LogP contribution is 2.32. The Kier molecular flexibility index (Phi) is 5.38. The van der Waals surface area contributed by atoms with Crippen LogP contribution in [0.4, 0.5) is 18.9 Å². The van der Waals surface area contributed by atoms with E-state index >= 15 is 0 Å². The van der Waals surface area contributed by atoms with Crippen molar-refractivity contribution in [1.29, 1.82) is 0 Å². The highest BCUT2D eigenvalue weighted by Gasteiger charge is 2.30. The predicted molar refractivity (Wildman–Crippen MR) is 106 cm³/mol. The number of carbonyl (C=O) groups excluding carboxylic acids is 1. The van der Waals surface area contributed by atoms with Gasteiger partial charge in [0.2, 0.25) is 0 Å². The van der Waals surface area contributed by atoms with Crippen LogP contribution in [0.25, 0.3) is 0 Å². The fourth-order valence-corrected chi connectivity index (χ4v) is 4.55. The van der Waals surface area contributed by atoms with Crippen molar-refractivity contribution in [3.63, 3.8) is 0 Å². The zero-order valence-electron chi connectivity index (χ0n) is 15.4. The summed E-state index contributed by atoms with van der Waals surface area (Å²) >= 11 is 1.51. The van der Waals surface area contributed by atoms with Crippen LogP contribution >= 0.6 is 11.3 Å². The summed E-state index contributed by atoms with van der Waals surface area (Å²) in [5.74, 6) is -0.373. The molecule has 2 aromatic heterocycles. The number of carbonyl (C=O) groups is 1. The molecule has 0 radical (unpaired) electrons. The molecule has 0 spiro atoms. The number of alkyl halides is 3. The summed E-state index contributed by atoms with van der Waals surface area (Å²) in [6, 6.07) is 8.63. The van der Waals surface area contributed by atoms with E-state index in [4.69, 9.17) is 0 Å². The molecule has 1 aromatic carbocycles. The lowest BCUT2D eigenvalue weighted by atomic mass is 10.0. The minimum Gasteiger partial charge on any atom is -0.322 e. The molecule has 0 saturated heterocycles. The van der Waals surface area contributed by atoms with Gasteiger partial charge in [-0.3, -0.25) is 14.7 Å². The SMILES string of the molecule is O=C(Nc1cccc(C(F)(F)F)c1)c1csc2c1CCN(Cc1cccnc1)C2. The van der Waals surface area contributed by atoms with Crippen LogP contribution in [0.15, 0.2) is 54.2 Å². The van der Waals surface area contributed by atoms with E-state index in [0.717, 1.165) is 54.2 Å². The van der Waals surface area contributed by atoms with Gasteiger partial charge in [-0.1, -0.05) is 12.1 Å². The molecule has 0 atom stereocenters. The number of hydrogen-bond donors (Lipinski definition) is 1. The molecule has 1 aliphatic heterocycles. The minimum absolute atomic E-state index is 0.138. The Labute approximate surface area is 170 Å². The number of rotatable bonds is 4. The van der Waals surface area contributed by atoms with Gasteiger partial charge in [0, 0.05) is 48.0 Å². The molecule has 0 aliphatic carbocycles. The summed E-state index contributed by atoms with van der Waals surface area (Å²) < 4.78 is 38.6. The molecule has 1 N–H and O–H groups in total. The van der Waals surface area contributed by atoms with Gasteiger partial charge in [0.1, 0.15) is 0 Å². The fraction of sp³-hybridized carbons (Fsp3) is 0.238. The summed E-state index contributed by atoms with van der Waals surface area (Å²) in [4.78, 5) is 20.2. The lowest BCUT2D eigenvalue weighted by Crippen LogP contribution is -2.30. The monoisotopic (exact) mass is 417 g/mol. The van der Waals surface area contributed by atoms with Gasteiger partial charge in [-0.05, 0) is 41.8 Å². The summed E-state index contributed by atoms with van der Waals surface area (Å²) in [7, 11) is 0. The Balaban J connectivity index is 1.46. The number of halogens is 3. The van der Waals surface area contributed by atoms with Crippen LogP contribution < -0.4 is 5.32 Å². The van der Waals surface area contributed by atoms with Crippen LogP contribution in [0.5, 0.6) is 0 Å². The molecule has 3 heterocycles. The summed E-state index contributed by atoms with van der Waals surface area (Å²) in [5, 5.41) is 4.40. The van der Waals surface area contributed by atoms with Crippen LogP contribution in [-0.2, 0) is 25.7 Å². The van der Waals surface area contributed by atoms with Gasteiger partial charge in [0.15, 0.2) is 0 Å². The Morgan fingerprint density at radius 2 is 2.10 bits per heavy atom. The zero-order chi connectivity index (χ0) is 20.4. The first kappa shape index (κ1) is 19.6. The predicted octanol–water partition coefficient (Wildman–Crippen LogP) is 4.97. The molecule has 1 amide bonds. The molecule has 4 nitrogen and oxygen atoms in total. The average molecular weight is 417 g/mol. The van der Waals surface area contributed by atoms with Gasteiger partial charge in [-0.25, -0.2) is 0 Å². The molecule has 1 aliphatic rings. The number of aromatic nitrogens is 1. The van der Waals surface area contributed by atoms with Crippen LogP contribution in [0.3, 0.4) is 0 Å². The minimum atomic E-state index is -4.44. The largest absolute Gasteiger partial charge is 0.416 e. The van der Waals surface area contributed by atoms with Crippen molar-refractivity contribution in [3.8, 4) is 0 Å². The van der Waals surface area contributed by atoms with Gasteiger partial charge in [0.05, 0.1) is 11.1 Å². The second kappa shape index (κ2) is 7.96. The highest BCUT2D eigenvalue weighted by molar-refractivity contribution is 7.10. The fourth-order valence-electron chi connectivity index (χ4n) is 3.43. The molecule has 29 heavy (non-hydrogen) atoms. The van der Waals surface area contributed by atoms with Gasteiger partial charge in [-0.15, -0.1) is 11.3 Å². The standard InChI is InChI=1S/C21H18F3N3OS/c22-21(23,24)15-4-1-5-16(9-15)26-20(28)18-13-29-19-12-27(8-6-17(18)19)11-14-3-2-7-25-10-14/h1-5,7,9-10,13H,6,8,11-12H2,(H,26,28). The topological polar surface area (TPSA) is 45.2 Å². The highest BCUT2D eigenvalue weighted by atomic mass is 32.1. The van der Waals surface area contributed by atoms with E-state index in [-0.39, 0.29) is 11.6 Å². The Morgan fingerprint density at radius 1 is 1.24 bits per heavy atom.